The number of halogens is 1. The Morgan fingerprint density at radius 2 is 2.06 bits per heavy atom. The molecule has 2 rings (SSSR count). The van der Waals surface area contributed by atoms with Crippen LogP contribution in [0.3, 0.4) is 0 Å². The molecule has 1 aromatic rings. The van der Waals surface area contributed by atoms with Crippen molar-refractivity contribution in [3.63, 3.8) is 0 Å². The maximum Gasteiger partial charge on any atom is 0.254 e. The predicted molar refractivity (Wildman–Crippen MR) is 72.1 cm³/mol. The molecule has 1 aromatic carbocycles. The molecule has 1 aliphatic rings. The third-order valence-electron chi connectivity index (χ3n) is 3.44. The molecule has 1 unspecified atom stereocenters. The predicted octanol–water partition coefficient (Wildman–Crippen LogP) is 3.02. The van der Waals surface area contributed by atoms with Crippen molar-refractivity contribution in [2.45, 2.75) is 31.7 Å². The molecule has 18 heavy (non-hydrogen) atoms. The number of amides is 1. The van der Waals surface area contributed by atoms with Crippen LogP contribution < -0.4 is 0 Å². The second kappa shape index (κ2) is 6.10. The number of rotatable bonds is 3. The molecular weight excluding hydrogens is 250 g/mol. The van der Waals surface area contributed by atoms with Crippen molar-refractivity contribution in [3.8, 4) is 5.75 Å². The zero-order chi connectivity index (χ0) is 13.0. The average Bonchev–Trinajstić information content (AvgIpc) is 2.40. The normalized spacial score (nSPS) is 19.8. The van der Waals surface area contributed by atoms with Crippen LogP contribution in [0.15, 0.2) is 24.3 Å². The third kappa shape index (κ3) is 2.96. The van der Waals surface area contributed by atoms with Gasteiger partial charge < -0.3 is 10.0 Å². The van der Waals surface area contributed by atoms with Gasteiger partial charge in [-0.2, -0.15) is 0 Å². The van der Waals surface area contributed by atoms with Crippen LogP contribution in [-0.2, 0) is 0 Å². The fourth-order valence-electron chi connectivity index (χ4n) is 2.46. The van der Waals surface area contributed by atoms with Gasteiger partial charge in [0.2, 0.25) is 0 Å². The van der Waals surface area contributed by atoms with Gasteiger partial charge in [0.1, 0.15) is 5.75 Å². The van der Waals surface area contributed by atoms with Gasteiger partial charge in [-0.1, -0.05) is 0 Å². The number of piperidine rings is 1. The van der Waals surface area contributed by atoms with Gasteiger partial charge in [0.25, 0.3) is 5.91 Å². The first-order chi connectivity index (χ1) is 8.72. The van der Waals surface area contributed by atoms with E-state index in [0.29, 0.717) is 11.4 Å². The zero-order valence-corrected chi connectivity index (χ0v) is 11.1. The molecule has 1 N–H and O–H groups in total. The van der Waals surface area contributed by atoms with Crippen molar-refractivity contribution in [2.24, 2.45) is 0 Å². The molecule has 0 bridgehead atoms. The second-order valence-corrected chi connectivity index (χ2v) is 5.05. The van der Waals surface area contributed by atoms with Gasteiger partial charge in [-0.25, -0.2) is 0 Å². The lowest BCUT2D eigenvalue weighted by Crippen LogP contribution is -2.43. The van der Waals surface area contributed by atoms with E-state index in [2.05, 4.69) is 0 Å². The number of hydrogen-bond donors (Lipinski definition) is 1. The summed E-state index contributed by atoms with van der Waals surface area (Å²) >= 11 is 5.80. The Morgan fingerprint density at radius 1 is 1.33 bits per heavy atom. The molecular formula is C14H18ClNO2. The van der Waals surface area contributed by atoms with Gasteiger partial charge in [-0.15, -0.1) is 11.6 Å². The summed E-state index contributed by atoms with van der Waals surface area (Å²) in [5, 5.41) is 9.24. The molecule has 1 atom stereocenters. The summed E-state index contributed by atoms with van der Waals surface area (Å²) in [6.45, 7) is 0.807. The van der Waals surface area contributed by atoms with Gasteiger partial charge >= 0.3 is 0 Å². The van der Waals surface area contributed by atoms with E-state index in [0.717, 1.165) is 25.8 Å². The van der Waals surface area contributed by atoms with Crippen molar-refractivity contribution in [3.05, 3.63) is 29.8 Å². The van der Waals surface area contributed by atoms with Crippen molar-refractivity contribution >= 4 is 17.5 Å². The zero-order valence-electron chi connectivity index (χ0n) is 10.3. The van der Waals surface area contributed by atoms with Crippen LogP contribution in [0, 0.1) is 0 Å². The number of carbonyl (C=O) groups excluding carboxylic acids is 1. The minimum Gasteiger partial charge on any atom is -0.508 e. The highest BCUT2D eigenvalue weighted by Gasteiger charge is 2.26. The van der Waals surface area contributed by atoms with E-state index in [9.17, 15) is 9.90 Å². The lowest BCUT2D eigenvalue weighted by molar-refractivity contribution is 0.0609. The van der Waals surface area contributed by atoms with Crippen LogP contribution in [0.2, 0.25) is 0 Å². The van der Waals surface area contributed by atoms with Crippen LogP contribution in [0.5, 0.6) is 5.75 Å². The van der Waals surface area contributed by atoms with Crippen LogP contribution in [0.1, 0.15) is 36.0 Å². The number of hydrogen-bond acceptors (Lipinski definition) is 2. The summed E-state index contributed by atoms with van der Waals surface area (Å²) in [7, 11) is 0. The van der Waals surface area contributed by atoms with Gasteiger partial charge in [0.15, 0.2) is 0 Å². The number of phenolic OH excluding ortho intramolecular Hbond substituents is 1. The van der Waals surface area contributed by atoms with Gasteiger partial charge in [0.05, 0.1) is 0 Å². The molecule has 1 fully saturated rings. The number of likely N-dealkylation sites (tertiary alicyclic amines) is 1. The number of carbonyl (C=O) groups is 1. The van der Waals surface area contributed by atoms with Crippen LogP contribution >= 0.6 is 11.6 Å². The first-order valence-corrected chi connectivity index (χ1v) is 6.92. The van der Waals surface area contributed by atoms with Crippen LogP contribution in [-0.4, -0.2) is 34.4 Å². The molecule has 4 heteroatoms. The van der Waals surface area contributed by atoms with Gasteiger partial charge in [0, 0.05) is 24.0 Å². The minimum absolute atomic E-state index is 0.0461. The lowest BCUT2D eigenvalue weighted by atomic mass is 9.99. The number of nitrogens with zero attached hydrogens (tertiary/aromatic N) is 1. The Hall–Kier alpha value is -1.22. The Kier molecular flexibility index (Phi) is 4.48. The fraction of sp³-hybridized carbons (Fsp3) is 0.500. The van der Waals surface area contributed by atoms with Crippen molar-refractivity contribution in [1.82, 2.24) is 4.90 Å². The highest BCUT2D eigenvalue weighted by molar-refractivity contribution is 6.17. The molecule has 0 radical (unpaired) electrons. The average molecular weight is 268 g/mol. The molecule has 3 nitrogen and oxygen atoms in total. The summed E-state index contributed by atoms with van der Waals surface area (Å²) in [5.74, 6) is 0.816. The maximum atomic E-state index is 12.4. The molecule has 0 spiro atoms. The number of benzene rings is 1. The summed E-state index contributed by atoms with van der Waals surface area (Å²) in [5.41, 5.74) is 0.634. The first kappa shape index (κ1) is 13.2. The number of alkyl halides is 1. The monoisotopic (exact) mass is 267 g/mol. The van der Waals surface area contributed by atoms with E-state index in [4.69, 9.17) is 11.6 Å². The van der Waals surface area contributed by atoms with Crippen LogP contribution in [0.25, 0.3) is 0 Å². The summed E-state index contributed by atoms with van der Waals surface area (Å²) in [6, 6.07) is 6.70. The number of phenols is 1. The van der Waals surface area contributed by atoms with E-state index >= 15 is 0 Å². The van der Waals surface area contributed by atoms with Gasteiger partial charge in [-0.3, -0.25) is 4.79 Å². The minimum atomic E-state index is 0.0461. The van der Waals surface area contributed by atoms with Gasteiger partial charge in [-0.05, 0) is 49.9 Å². The number of aromatic hydroxyl groups is 1. The molecule has 0 aliphatic carbocycles. The van der Waals surface area contributed by atoms with E-state index < -0.39 is 0 Å². The Labute approximate surface area is 112 Å². The Morgan fingerprint density at radius 3 is 2.72 bits per heavy atom. The molecule has 1 saturated heterocycles. The third-order valence-corrected chi connectivity index (χ3v) is 3.66. The summed E-state index contributed by atoms with van der Waals surface area (Å²) in [4.78, 5) is 14.3. The van der Waals surface area contributed by atoms with Crippen molar-refractivity contribution in [1.29, 1.82) is 0 Å². The second-order valence-electron chi connectivity index (χ2n) is 4.67. The van der Waals surface area contributed by atoms with E-state index in [-0.39, 0.29) is 17.7 Å². The molecule has 0 aromatic heterocycles. The molecule has 1 amide bonds. The SMILES string of the molecule is O=C(c1ccc(O)cc1)N1CCCCC1CCCl. The first-order valence-electron chi connectivity index (χ1n) is 6.38. The Balaban J connectivity index is 2.12. The summed E-state index contributed by atoms with van der Waals surface area (Å²) in [6.07, 6.45) is 4.12. The fourth-order valence-corrected chi connectivity index (χ4v) is 2.72. The summed E-state index contributed by atoms with van der Waals surface area (Å²) < 4.78 is 0. The Bertz CT molecular complexity index is 403. The van der Waals surface area contributed by atoms with Crippen molar-refractivity contribution in [2.75, 3.05) is 12.4 Å². The quantitative estimate of drug-likeness (QED) is 0.856. The molecule has 1 aliphatic heterocycles. The van der Waals surface area contributed by atoms with E-state index in [1.54, 1.807) is 24.3 Å². The highest BCUT2D eigenvalue weighted by Crippen LogP contribution is 2.23. The highest BCUT2D eigenvalue weighted by atomic mass is 35.5. The van der Waals surface area contributed by atoms with Crippen molar-refractivity contribution < 1.29 is 9.90 Å². The smallest absolute Gasteiger partial charge is 0.254 e. The molecule has 0 saturated carbocycles. The largest absolute Gasteiger partial charge is 0.508 e. The van der Waals surface area contributed by atoms with E-state index in [1.807, 2.05) is 4.90 Å². The molecule has 98 valence electrons. The lowest BCUT2D eigenvalue weighted by Gasteiger charge is -2.35. The topological polar surface area (TPSA) is 40.5 Å². The van der Waals surface area contributed by atoms with Crippen LogP contribution in [0.4, 0.5) is 0 Å². The molecule has 1 heterocycles. The standard InChI is InChI=1S/C14H18ClNO2/c15-9-8-12-3-1-2-10-16(12)14(18)11-4-6-13(17)7-5-11/h4-7,12,17H,1-3,8-10H2. The maximum absolute atomic E-state index is 12.4. The van der Waals surface area contributed by atoms with E-state index in [1.165, 1.54) is 6.42 Å².